The van der Waals surface area contributed by atoms with Gasteiger partial charge < -0.3 is 4.74 Å². The fourth-order valence-corrected chi connectivity index (χ4v) is 4.09. The molecule has 7 nitrogen and oxygen atoms in total. The van der Waals surface area contributed by atoms with Gasteiger partial charge in [-0.2, -0.15) is 0 Å². The Morgan fingerprint density at radius 3 is 2.69 bits per heavy atom. The summed E-state index contributed by atoms with van der Waals surface area (Å²) in [4.78, 5) is 18.5. The van der Waals surface area contributed by atoms with Crippen LogP contribution in [0.15, 0.2) is 65.7 Å². The number of halogens is 1. The zero-order valence-corrected chi connectivity index (χ0v) is 16.1. The summed E-state index contributed by atoms with van der Waals surface area (Å²) in [5.74, 6) is -0.0133. The second-order valence-electron chi connectivity index (χ2n) is 6.25. The molecule has 1 N–H and O–H groups in total. The molecule has 0 spiro atoms. The highest BCUT2D eigenvalue weighted by Gasteiger charge is 2.30. The van der Waals surface area contributed by atoms with Crippen LogP contribution in [-0.2, 0) is 10.0 Å². The van der Waals surface area contributed by atoms with Crippen LogP contribution >= 0.6 is 0 Å². The molecule has 0 bridgehead atoms. The molecule has 0 atom stereocenters. The number of hydrogen-bond donors (Lipinski definition) is 1. The minimum Gasteiger partial charge on any atom is -0.453 e. The van der Waals surface area contributed by atoms with Crippen molar-refractivity contribution in [3.63, 3.8) is 0 Å². The quantitative estimate of drug-likeness (QED) is 0.703. The number of amides is 1. The van der Waals surface area contributed by atoms with Gasteiger partial charge in [0.05, 0.1) is 16.1 Å². The topological polar surface area (TPSA) is 88.6 Å². The molecular weight excluding hydrogens is 397 g/mol. The number of ether oxygens (including phenoxy) is 1. The van der Waals surface area contributed by atoms with Crippen molar-refractivity contribution in [3.8, 4) is 11.5 Å². The lowest BCUT2D eigenvalue weighted by Gasteiger charge is -2.18. The first-order valence-electron chi connectivity index (χ1n) is 8.76. The maximum Gasteiger partial charge on any atom is 0.263 e. The summed E-state index contributed by atoms with van der Waals surface area (Å²) < 4.78 is 47.0. The lowest BCUT2D eigenvalue weighted by Crippen LogP contribution is -2.30. The smallest absolute Gasteiger partial charge is 0.263 e. The van der Waals surface area contributed by atoms with Crippen LogP contribution in [0.5, 0.6) is 11.5 Å². The molecule has 0 aliphatic carbocycles. The van der Waals surface area contributed by atoms with Crippen LogP contribution in [-0.4, -0.2) is 25.9 Å². The van der Waals surface area contributed by atoms with Crippen LogP contribution in [0.25, 0.3) is 0 Å². The summed E-state index contributed by atoms with van der Waals surface area (Å²) in [6.45, 7) is 2.11. The molecule has 0 saturated heterocycles. The Kier molecular flexibility index (Phi) is 4.67. The van der Waals surface area contributed by atoms with E-state index in [9.17, 15) is 17.6 Å². The van der Waals surface area contributed by atoms with E-state index in [1.54, 1.807) is 25.3 Å². The average Bonchev–Trinajstić information content (AvgIpc) is 2.81. The van der Waals surface area contributed by atoms with E-state index in [-0.39, 0.29) is 21.9 Å². The zero-order valence-electron chi connectivity index (χ0n) is 15.3. The number of carbonyl (C=O) groups is 1. The molecule has 0 saturated carbocycles. The maximum atomic E-state index is 13.4. The van der Waals surface area contributed by atoms with Crippen molar-refractivity contribution in [3.05, 3.63) is 72.2 Å². The fraction of sp³-hybridized carbons (Fsp3) is 0.100. The second-order valence-corrected chi connectivity index (χ2v) is 7.93. The summed E-state index contributed by atoms with van der Waals surface area (Å²) in [5.41, 5.74) is 0.168. The number of hydrogen-bond acceptors (Lipinski definition) is 5. The van der Waals surface area contributed by atoms with Crippen LogP contribution in [0.1, 0.15) is 17.3 Å². The third-order valence-electron chi connectivity index (χ3n) is 4.36. The number of aromatic nitrogens is 1. The van der Waals surface area contributed by atoms with Gasteiger partial charge in [-0.1, -0.05) is 6.07 Å². The van der Waals surface area contributed by atoms with Gasteiger partial charge in [0.25, 0.3) is 15.9 Å². The molecule has 3 aromatic rings. The Hall–Kier alpha value is -3.46. The van der Waals surface area contributed by atoms with Crippen molar-refractivity contribution < 1.29 is 22.3 Å². The number of anilines is 2. The molecule has 0 unspecified atom stereocenters. The standard InChI is InChI=1S/C20H16FN3O4S/c1-2-24-19-18(7-4-10-22-19)28-17-9-8-15(12-16(17)20(24)25)29(26,27)23-14-6-3-5-13(21)11-14/h3-12,23H,2H2,1H3. The van der Waals surface area contributed by atoms with Crippen LogP contribution in [0, 0.1) is 5.82 Å². The van der Waals surface area contributed by atoms with E-state index in [0.29, 0.717) is 18.1 Å². The molecule has 1 aromatic heterocycles. The maximum absolute atomic E-state index is 13.4. The second kappa shape index (κ2) is 7.17. The Morgan fingerprint density at radius 2 is 1.93 bits per heavy atom. The first-order valence-corrected chi connectivity index (χ1v) is 10.2. The van der Waals surface area contributed by atoms with Crippen molar-refractivity contribution in [2.45, 2.75) is 11.8 Å². The molecular formula is C20H16FN3O4S. The first-order chi connectivity index (χ1) is 13.9. The lowest BCUT2D eigenvalue weighted by atomic mass is 10.2. The van der Waals surface area contributed by atoms with E-state index >= 15 is 0 Å². The summed E-state index contributed by atoms with van der Waals surface area (Å²) >= 11 is 0. The Morgan fingerprint density at radius 1 is 1.10 bits per heavy atom. The average molecular weight is 413 g/mol. The molecule has 1 aliphatic heterocycles. The van der Waals surface area contributed by atoms with Gasteiger partial charge in [-0.15, -0.1) is 0 Å². The molecule has 29 heavy (non-hydrogen) atoms. The number of nitrogens with one attached hydrogen (secondary N) is 1. The Balaban J connectivity index is 1.75. The molecule has 4 rings (SSSR count). The molecule has 148 valence electrons. The predicted octanol–water partition coefficient (Wildman–Crippen LogP) is 3.79. The van der Waals surface area contributed by atoms with E-state index in [4.69, 9.17) is 4.74 Å². The molecule has 1 amide bonds. The molecule has 2 heterocycles. The predicted molar refractivity (Wildman–Crippen MR) is 105 cm³/mol. The fourth-order valence-electron chi connectivity index (χ4n) is 3.02. The zero-order chi connectivity index (χ0) is 20.6. The highest BCUT2D eigenvalue weighted by atomic mass is 32.2. The Labute approximate surface area is 166 Å². The van der Waals surface area contributed by atoms with E-state index < -0.39 is 21.7 Å². The number of pyridine rings is 1. The summed E-state index contributed by atoms with van der Waals surface area (Å²) in [7, 11) is -4.05. The minimum absolute atomic E-state index is 0.0781. The third kappa shape index (κ3) is 3.52. The van der Waals surface area contributed by atoms with Crippen LogP contribution < -0.4 is 14.4 Å². The van der Waals surface area contributed by atoms with Gasteiger partial charge in [0, 0.05) is 12.7 Å². The van der Waals surface area contributed by atoms with Crippen molar-refractivity contribution in [1.29, 1.82) is 0 Å². The number of nitrogens with zero attached hydrogens (tertiary/aromatic N) is 2. The van der Waals surface area contributed by atoms with Crippen molar-refractivity contribution in [2.75, 3.05) is 16.2 Å². The van der Waals surface area contributed by atoms with Gasteiger partial charge >= 0.3 is 0 Å². The van der Waals surface area contributed by atoms with E-state index in [0.717, 1.165) is 6.07 Å². The van der Waals surface area contributed by atoms with Crippen LogP contribution in [0.3, 0.4) is 0 Å². The largest absolute Gasteiger partial charge is 0.453 e. The third-order valence-corrected chi connectivity index (χ3v) is 5.74. The Bertz CT molecular complexity index is 1210. The van der Waals surface area contributed by atoms with Gasteiger partial charge in [0.15, 0.2) is 11.6 Å². The molecule has 0 radical (unpaired) electrons. The van der Waals surface area contributed by atoms with Gasteiger partial charge in [0.2, 0.25) is 0 Å². The minimum atomic E-state index is -4.05. The van der Waals surface area contributed by atoms with E-state index in [2.05, 4.69) is 9.71 Å². The number of rotatable bonds is 4. The molecule has 2 aromatic carbocycles. The van der Waals surface area contributed by atoms with Gasteiger partial charge in [-0.05, 0) is 55.5 Å². The first kappa shape index (κ1) is 18.9. The van der Waals surface area contributed by atoms with Gasteiger partial charge in [-0.25, -0.2) is 17.8 Å². The lowest BCUT2D eigenvalue weighted by molar-refractivity contribution is 0.0987. The summed E-state index contributed by atoms with van der Waals surface area (Å²) in [5, 5.41) is 0. The van der Waals surface area contributed by atoms with Crippen molar-refractivity contribution in [2.24, 2.45) is 0 Å². The number of benzene rings is 2. The van der Waals surface area contributed by atoms with E-state index in [1.165, 1.54) is 41.3 Å². The van der Waals surface area contributed by atoms with Gasteiger partial charge in [-0.3, -0.25) is 14.4 Å². The van der Waals surface area contributed by atoms with Gasteiger partial charge in [0.1, 0.15) is 11.6 Å². The van der Waals surface area contributed by atoms with Crippen LogP contribution in [0.2, 0.25) is 0 Å². The molecule has 0 fully saturated rings. The van der Waals surface area contributed by atoms with E-state index in [1.807, 2.05) is 0 Å². The SMILES string of the molecule is CCN1C(=O)c2cc(S(=O)(=O)Nc3cccc(F)c3)ccc2Oc2cccnc21. The highest BCUT2D eigenvalue weighted by molar-refractivity contribution is 7.92. The summed E-state index contributed by atoms with van der Waals surface area (Å²) in [6, 6.07) is 12.5. The van der Waals surface area contributed by atoms with Crippen molar-refractivity contribution >= 4 is 27.4 Å². The number of fused-ring (bicyclic) bond motifs is 2. The molecule has 1 aliphatic rings. The normalized spacial score (nSPS) is 13.2. The van der Waals surface area contributed by atoms with Crippen molar-refractivity contribution in [1.82, 2.24) is 4.98 Å². The highest BCUT2D eigenvalue weighted by Crippen LogP contribution is 2.38. The van der Waals surface area contributed by atoms with Crippen LogP contribution in [0.4, 0.5) is 15.9 Å². The number of carbonyl (C=O) groups excluding carboxylic acids is 1. The monoisotopic (exact) mass is 413 g/mol. The summed E-state index contributed by atoms with van der Waals surface area (Å²) in [6.07, 6.45) is 1.55. The number of sulfonamides is 1. The molecule has 9 heteroatoms.